The molecule has 0 fully saturated rings. The number of hydrogen-bond donors (Lipinski definition) is 3. The normalized spacial score (nSPS) is 15.0. The highest BCUT2D eigenvalue weighted by atomic mass is 16.4. The lowest BCUT2D eigenvalue weighted by molar-refractivity contribution is -0.117. The van der Waals surface area contributed by atoms with Crippen molar-refractivity contribution in [1.82, 2.24) is 5.32 Å². The Morgan fingerprint density at radius 3 is 2.16 bits per heavy atom. The number of rotatable bonds is 6. The Morgan fingerprint density at radius 1 is 0.871 bits per heavy atom. The summed E-state index contributed by atoms with van der Waals surface area (Å²) < 4.78 is 0. The summed E-state index contributed by atoms with van der Waals surface area (Å²) in [5.41, 5.74) is 3.05. The Morgan fingerprint density at radius 2 is 1.48 bits per heavy atom. The highest BCUT2D eigenvalue weighted by Crippen LogP contribution is 2.21. The van der Waals surface area contributed by atoms with Gasteiger partial charge in [-0.05, 0) is 23.8 Å². The van der Waals surface area contributed by atoms with Crippen LogP contribution in [-0.2, 0) is 11.2 Å². The minimum Gasteiger partial charge on any atom is -0.410 e. The molecule has 3 aromatic rings. The van der Waals surface area contributed by atoms with Gasteiger partial charge in [-0.3, -0.25) is 9.59 Å². The lowest BCUT2D eigenvalue weighted by atomic mass is 9.91. The number of hydrogen-bond acceptors (Lipinski definition) is 5. The van der Waals surface area contributed by atoms with Crippen molar-refractivity contribution in [3.05, 3.63) is 113 Å². The molecule has 6 nitrogen and oxygen atoms in total. The predicted octanol–water partition coefficient (Wildman–Crippen LogP) is 3.78. The van der Waals surface area contributed by atoms with Gasteiger partial charge >= 0.3 is 0 Å². The molecule has 3 aromatic carbocycles. The Labute approximate surface area is 179 Å². The summed E-state index contributed by atoms with van der Waals surface area (Å²) in [6.45, 7) is 0. The molecule has 0 aromatic heterocycles. The topological polar surface area (TPSA) is 90.8 Å². The van der Waals surface area contributed by atoms with Crippen molar-refractivity contribution in [2.24, 2.45) is 5.16 Å². The molecule has 0 saturated carbocycles. The van der Waals surface area contributed by atoms with Gasteiger partial charge in [-0.15, -0.1) is 0 Å². The molecule has 4 rings (SSSR count). The number of amides is 1. The van der Waals surface area contributed by atoms with E-state index in [2.05, 4.69) is 15.8 Å². The van der Waals surface area contributed by atoms with Gasteiger partial charge in [0.05, 0.1) is 5.70 Å². The minimum absolute atomic E-state index is 0.204. The van der Waals surface area contributed by atoms with E-state index in [0.29, 0.717) is 23.2 Å². The molecule has 1 amide bonds. The average molecular weight is 411 g/mol. The highest BCUT2D eigenvalue weighted by molar-refractivity contribution is 6.26. The number of Topliss-reactive ketones (excluding diaryl/α,β-unsaturated/α-hetero) is 1. The number of nitrogens with zero attached hydrogens (tertiary/aromatic N) is 1. The fourth-order valence-electron chi connectivity index (χ4n) is 3.52. The van der Waals surface area contributed by atoms with Crippen LogP contribution in [0.5, 0.6) is 0 Å². The van der Waals surface area contributed by atoms with Gasteiger partial charge in [0, 0.05) is 23.2 Å². The van der Waals surface area contributed by atoms with E-state index in [-0.39, 0.29) is 23.1 Å². The van der Waals surface area contributed by atoms with Gasteiger partial charge in [0.2, 0.25) is 11.7 Å². The largest absolute Gasteiger partial charge is 0.410 e. The van der Waals surface area contributed by atoms with Crippen LogP contribution in [0.25, 0.3) is 0 Å². The van der Waals surface area contributed by atoms with E-state index < -0.39 is 6.04 Å². The number of para-hydroxylation sites is 1. The van der Waals surface area contributed by atoms with Crippen LogP contribution >= 0.6 is 0 Å². The fraction of sp³-hybridized carbons (Fsp3) is 0.0800. The number of allylic oxidation sites excluding steroid dienone is 2. The van der Waals surface area contributed by atoms with Crippen LogP contribution in [0.15, 0.2) is 102 Å². The molecule has 3 N–H and O–H groups in total. The quantitative estimate of drug-likeness (QED) is 0.425. The zero-order valence-electron chi connectivity index (χ0n) is 16.7. The van der Waals surface area contributed by atoms with E-state index in [4.69, 9.17) is 0 Å². The molecule has 1 atom stereocenters. The molecular formula is C25H21N3O3. The minimum atomic E-state index is -0.719. The lowest BCUT2D eigenvalue weighted by Crippen LogP contribution is -2.44. The van der Waals surface area contributed by atoms with E-state index >= 15 is 0 Å². The van der Waals surface area contributed by atoms with Crippen molar-refractivity contribution in [3.8, 4) is 0 Å². The summed E-state index contributed by atoms with van der Waals surface area (Å²) >= 11 is 0. The summed E-state index contributed by atoms with van der Waals surface area (Å²) in [5, 5.41) is 18.7. The first-order valence-electron chi connectivity index (χ1n) is 9.90. The molecule has 0 heterocycles. The van der Waals surface area contributed by atoms with E-state index in [9.17, 15) is 14.8 Å². The van der Waals surface area contributed by atoms with Gasteiger partial charge in [0.15, 0.2) is 0 Å². The first-order valence-corrected chi connectivity index (χ1v) is 9.90. The molecule has 0 spiro atoms. The van der Waals surface area contributed by atoms with Crippen LogP contribution < -0.4 is 10.6 Å². The molecular weight excluding hydrogens is 390 g/mol. The van der Waals surface area contributed by atoms with Crippen LogP contribution in [0, 0.1) is 0 Å². The highest BCUT2D eigenvalue weighted by Gasteiger charge is 2.28. The van der Waals surface area contributed by atoms with Crippen LogP contribution in [-0.4, -0.2) is 28.7 Å². The smallest absolute Gasteiger partial charge is 0.247 e. The molecule has 1 aliphatic rings. The van der Waals surface area contributed by atoms with Crippen LogP contribution in [0.3, 0.4) is 0 Å². The Bertz CT molecular complexity index is 1150. The monoisotopic (exact) mass is 411 g/mol. The molecule has 154 valence electrons. The van der Waals surface area contributed by atoms with E-state index in [1.807, 2.05) is 48.5 Å². The molecule has 31 heavy (non-hydrogen) atoms. The number of ketones is 1. The van der Waals surface area contributed by atoms with Gasteiger partial charge in [0.1, 0.15) is 11.8 Å². The van der Waals surface area contributed by atoms with Gasteiger partial charge in [-0.25, -0.2) is 0 Å². The number of carbonyl (C=O) groups is 2. The summed E-state index contributed by atoms with van der Waals surface area (Å²) in [6, 6.07) is 24.9. The first-order chi connectivity index (χ1) is 15.2. The predicted molar refractivity (Wildman–Crippen MR) is 119 cm³/mol. The zero-order chi connectivity index (χ0) is 21.6. The van der Waals surface area contributed by atoms with E-state index in [1.165, 1.54) is 6.08 Å². The molecule has 0 saturated heterocycles. The summed E-state index contributed by atoms with van der Waals surface area (Å²) in [4.78, 5) is 26.2. The Balaban J connectivity index is 1.63. The maximum absolute atomic E-state index is 13.1. The van der Waals surface area contributed by atoms with Gasteiger partial charge in [-0.1, -0.05) is 78.0 Å². The first kappa shape index (κ1) is 20.1. The molecule has 1 aliphatic carbocycles. The van der Waals surface area contributed by atoms with Crippen molar-refractivity contribution in [1.29, 1.82) is 0 Å². The van der Waals surface area contributed by atoms with Crippen LogP contribution in [0.4, 0.5) is 5.69 Å². The number of benzene rings is 3. The van der Waals surface area contributed by atoms with Crippen molar-refractivity contribution < 1.29 is 14.8 Å². The number of nitrogens with one attached hydrogen (secondary N) is 2. The van der Waals surface area contributed by atoms with Crippen molar-refractivity contribution in [2.45, 2.75) is 12.5 Å². The standard InChI is InChI=1S/C25H21N3O3/c29-24-20-14-8-7-13-19(20)21(28-31)16-22(24)27-23(15-17-9-3-1-4-10-17)25(30)26-18-11-5-2-6-12-18/h1-14,16,23,27,31H,15H2,(H,26,30)/b28-21-/t23-/m1/s1. The SMILES string of the molecule is O=C1C(N[C@H](Cc2ccccc2)C(=O)Nc2ccccc2)=C/C(=N/O)c2ccccc21. The Kier molecular flexibility index (Phi) is 5.89. The van der Waals surface area contributed by atoms with Crippen molar-refractivity contribution in [2.75, 3.05) is 5.32 Å². The maximum Gasteiger partial charge on any atom is 0.247 e. The molecule has 6 heteroatoms. The third-order valence-electron chi connectivity index (χ3n) is 5.05. The lowest BCUT2D eigenvalue weighted by Gasteiger charge is -2.24. The number of carbonyl (C=O) groups excluding carboxylic acids is 2. The molecule has 0 bridgehead atoms. The third kappa shape index (κ3) is 4.53. The van der Waals surface area contributed by atoms with E-state index in [1.54, 1.807) is 36.4 Å². The fourth-order valence-corrected chi connectivity index (χ4v) is 3.52. The third-order valence-corrected chi connectivity index (χ3v) is 5.05. The summed E-state index contributed by atoms with van der Waals surface area (Å²) in [6.07, 6.45) is 1.84. The molecule has 0 aliphatic heterocycles. The maximum atomic E-state index is 13.1. The second kappa shape index (κ2) is 9.09. The molecule has 0 radical (unpaired) electrons. The van der Waals surface area contributed by atoms with Crippen LogP contribution in [0.2, 0.25) is 0 Å². The summed E-state index contributed by atoms with van der Waals surface area (Å²) in [7, 11) is 0. The second-order valence-electron chi connectivity index (χ2n) is 7.16. The van der Waals surface area contributed by atoms with E-state index in [0.717, 1.165) is 5.56 Å². The summed E-state index contributed by atoms with van der Waals surface area (Å²) in [5.74, 6) is -0.529. The number of oxime groups is 1. The van der Waals surface area contributed by atoms with Crippen LogP contribution in [0.1, 0.15) is 21.5 Å². The average Bonchev–Trinajstić information content (AvgIpc) is 2.81. The van der Waals surface area contributed by atoms with Gasteiger partial charge in [0.25, 0.3) is 0 Å². The number of fused-ring (bicyclic) bond motifs is 1. The Hall–Kier alpha value is -4.19. The zero-order valence-corrected chi connectivity index (χ0v) is 16.7. The second-order valence-corrected chi connectivity index (χ2v) is 7.16. The number of anilines is 1. The van der Waals surface area contributed by atoms with Crippen molar-refractivity contribution in [3.63, 3.8) is 0 Å². The molecule has 0 unspecified atom stereocenters. The van der Waals surface area contributed by atoms with Crippen molar-refractivity contribution >= 4 is 23.1 Å². The van der Waals surface area contributed by atoms with Gasteiger partial charge < -0.3 is 15.8 Å². The van der Waals surface area contributed by atoms with Gasteiger partial charge in [-0.2, -0.15) is 0 Å².